The number of hydrogen-bond donors (Lipinski definition) is 0. The van der Waals surface area contributed by atoms with Gasteiger partial charge in [-0.25, -0.2) is 4.98 Å². The topological polar surface area (TPSA) is 51.7 Å². The highest BCUT2D eigenvalue weighted by atomic mass is 32.1. The number of nitrogens with zero attached hydrogens (tertiary/aromatic N) is 2. The van der Waals surface area contributed by atoms with Crippen LogP contribution >= 0.6 is 11.3 Å². The Hall–Kier alpha value is -1.14. The number of esters is 1. The largest absolute Gasteiger partial charge is 0.465 e. The fraction of sp³-hybridized carbons (Fsp3) is 0.714. The molecule has 1 aromatic rings. The number of methoxy groups -OCH3 is 1. The van der Waals surface area contributed by atoms with Gasteiger partial charge in [0.15, 0.2) is 5.13 Å². The van der Waals surface area contributed by atoms with Gasteiger partial charge in [0.25, 0.3) is 0 Å². The number of fused-ring (bicyclic) bond motifs is 1. The van der Waals surface area contributed by atoms with E-state index in [0.29, 0.717) is 13.2 Å². The van der Waals surface area contributed by atoms with Crippen molar-refractivity contribution in [3.8, 4) is 0 Å². The average Bonchev–Trinajstić information content (AvgIpc) is 2.99. The van der Waals surface area contributed by atoms with E-state index in [1.54, 1.807) is 18.4 Å². The van der Waals surface area contributed by atoms with Gasteiger partial charge in [0.1, 0.15) is 5.92 Å². The fourth-order valence-corrected chi connectivity index (χ4v) is 3.64. The van der Waals surface area contributed by atoms with Crippen molar-refractivity contribution in [1.82, 2.24) is 4.98 Å². The zero-order valence-electron chi connectivity index (χ0n) is 12.3. The molecule has 1 aromatic heterocycles. The summed E-state index contributed by atoms with van der Waals surface area (Å²) in [5, 5.41) is 0.989. The van der Waals surface area contributed by atoms with Crippen LogP contribution in [0.15, 0.2) is 0 Å². The summed E-state index contributed by atoms with van der Waals surface area (Å²) >= 11 is 1.70. The first-order valence-electron chi connectivity index (χ1n) is 7.11. The molecule has 1 aliphatic carbocycles. The molecule has 1 aliphatic rings. The standard InChI is InChI=1S/C14H22N2O3S/c1-4-16(8-9-18-3)14-15-12-10(13(17)19-5-2)6-7-11(12)20-14/h10H,4-9H2,1-3H3. The second-order valence-electron chi connectivity index (χ2n) is 4.72. The fourth-order valence-electron chi connectivity index (χ4n) is 2.41. The van der Waals surface area contributed by atoms with Gasteiger partial charge in [-0.3, -0.25) is 4.79 Å². The van der Waals surface area contributed by atoms with Crippen molar-refractivity contribution in [3.63, 3.8) is 0 Å². The summed E-state index contributed by atoms with van der Waals surface area (Å²) in [4.78, 5) is 20.0. The van der Waals surface area contributed by atoms with Crippen molar-refractivity contribution < 1.29 is 14.3 Å². The molecule has 6 heteroatoms. The third kappa shape index (κ3) is 3.12. The number of aryl methyl sites for hydroxylation is 1. The third-order valence-corrected chi connectivity index (χ3v) is 4.69. The number of likely N-dealkylation sites (N-methyl/N-ethyl adjacent to an activating group) is 1. The number of aromatic nitrogens is 1. The number of hydrogen-bond acceptors (Lipinski definition) is 6. The van der Waals surface area contributed by atoms with Crippen LogP contribution in [0.4, 0.5) is 5.13 Å². The Labute approximate surface area is 123 Å². The van der Waals surface area contributed by atoms with Crippen molar-refractivity contribution in [3.05, 3.63) is 10.6 Å². The molecule has 1 heterocycles. The lowest BCUT2D eigenvalue weighted by Gasteiger charge is -2.19. The van der Waals surface area contributed by atoms with E-state index in [9.17, 15) is 4.79 Å². The molecule has 0 saturated carbocycles. The van der Waals surface area contributed by atoms with E-state index in [2.05, 4.69) is 16.8 Å². The lowest BCUT2D eigenvalue weighted by Crippen LogP contribution is -2.26. The normalized spacial score (nSPS) is 17.1. The molecule has 1 atom stereocenters. The smallest absolute Gasteiger partial charge is 0.315 e. The molecule has 1 unspecified atom stereocenters. The molecule has 0 aliphatic heterocycles. The van der Waals surface area contributed by atoms with Crippen molar-refractivity contribution in [1.29, 1.82) is 0 Å². The second-order valence-corrected chi connectivity index (χ2v) is 5.78. The first-order chi connectivity index (χ1) is 9.71. The van der Waals surface area contributed by atoms with Gasteiger partial charge < -0.3 is 14.4 Å². The number of rotatable bonds is 7. The van der Waals surface area contributed by atoms with Gasteiger partial charge in [0, 0.05) is 25.1 Å². The molecule has 0 N–H and O–H groups in total. The Balaban J connectivity index is 2.13. The molecule has 0 amide bonds. The number of carbonyl (C=O) groups is 1. The highest BCUT2D eigenvalue weighted by molar-refractivity contribution is 7.15. The first kappa shape index (κ1) is 15.3. The maximum absolute atomic E-state index is 11.9. The summed E-state index contributed by atoms with van der Waals surface area (Å²) in [5.74, 6) is -0.306. The van der Waals surface area contributed by atoms with Crippen molar-refractivity contribution in [2.24, 2.45) is 0 Å². The lowest BCUT2D eigenvalue weighted by atomic mass is 10.1. The van der Waals surface area contributed by atoms with E-state index in [1.165, 1.54) is 4.88 Å². The van der Waals surface area contributed by atoms with Gasteiger partial charge in [-0.05, 0) is 26.7 Å². The number of ether oxygens (including phenoxy) is 2. The molecule has 0 aromatic carbocycles. The van der Waals surface area contributed by atoms with Gasteiger partial charge in [0.05, 0.1) is 18.9 Å². The first-order valence-corrected chi connectivity index (χ1v) is 7.93. The van der Waals surface area contributed by atoms with Crippen LogP contribution in [-0.2, 0) is 20.7 Å². The van der Waals surface area contributed by atoms with E-state index in [4.69, 9.17) is 9.47 Å². The highest BCUT2D eigenvalue weighted by Crippen LogP contribution is 2.40. The number of thiazole rings is 1. The minimum absolute atomic E-state index is 0.136. The van der Waals surface area contributed by atoms with Crippen LogP contribution < -0.4 is 4.90 Å². The van der Waals surface area contributed by atoms with Gasteiger partial charge >= 0.3 is 5.97 Å². The van der Waals surface area contributed by atoms with Gasteiger partial charge in [0.2, 0.25) is 0 Å². The van der Waals surface area contributed by atoms with Crippen LogP contribution in [0, 0.1) is 0 Å². The Bertz CT molecular complexity index is 461. The zero-order valence-corrected chi connectivity index (χ0v) is 13.2. The van der Waals surface area contributed by atoms with Crippen molar-refractivity contribution in [2.45, 2.75) is 32.6 Å². The predicted molar refractivity (Wildman–Crippen MR) is 79.6 cm³/mol. The molecule has 5 nitrogen and oxygen atoms in total. The van der Waals surface area contributed by atoms with Crippen LogP contribution in [0.3, 0.4) is 0 Å². The maximum Gasteiger partial charge on any atom is 0.315 e. The minimum atomic E-state index is -0.170. The molecule has 2 rings (SSSR count). The average molecular weight is 298 g/mol. The molecule has 20 heavy (non-hydrogen) atoms. The summed E-state index contributed by atoms with van der Waals surface area (Å²) in [5.41, 5.74) is 0.930. The Morgan fingerprint density at radius 1 is 1.50 bits per heavy atom. The van der Waals surface area contributed by atoms with E-state index < -0.39 is 0 Å². The Kier molecular flexibility index (Phi) is 5.37. The van der Waals surface area contributed by atoms with E-state index in [0.717, 1.165) is 36.8 Å². The van der Waals surface area contributed by atoms with Gasteiger partial charge in [-0.15, -0.1) is 11.3 Å². The minimum Gasteiger partial charge on any atom is -0.465 e. The molecule has 0 saturated heterocycles. The van der Waals surface area contributed by atoms with Crippen LogP contribution in [-0.4, -0.2) is 44.4 Å². The molecule has 0 spiro atoms. The van der Waals surface area contributed by atoms with E-state index >= 15 is 0 Å². The summed E-state index contributed by atoms with van der Waals surface area (Å²) in [6.45, 7) is 6.76. The molecule has 0 bridgehead atoms. The second kappa shape index (κ2) is 7.04. The Morgan fingerprint density at radius 2 is 2.30 bits per heavy atom. The lowest BCUT2D eigenvalue weighted by molar-refractivity contribution is -0.145. The van der Waals surface area contributed by atoms with E-state index in [-0.39, 0.29) is 11.9 Å². The van der Waals surface area contributed by atoms with Crippen LogP contribution in [0.25, 0.3) is 0 Å². The molecule has 112 valence electrons. The van der Waals surface area contributed by atoms with Gasteiger partial charge in [-0.1, -0.05) is 0 Å². The maximum atomic E-state index is 11.9. The number of carbonyl (C=O) groups excluding carboxylic acids is 1. The predicted octanol–water partition coefficient (Wildman–Crippen LogP) is 2.21. The number of anilines is 1. The molecular formula is C14H22N2O3S. The van der Waals surface area contributed by atoms with Gasteiger partial charge in [-0.2, -0.15) is 0 Å². The van der Waals surface area contributed by atoms with Crippen LogP contribution in [0.2, 0.25) is 0 Å². The van der Waals surface area contributed by atoms with Crippen molar-refractivity contribution >= 4 is 22.4 Å². The third-order valence-electron chi connectivity index (χ3n) is 3.50. The SMILES string of the molecule is CCOC(=O)C1CCc2sc(N(CC)CCOC)nc21. The monoisotopic (exact) mass is 298 g/mol. The molecule has 0 radical (unpaired) electrons. The van der Waals surface area contributed by atoms with Crippen LogP contribution in [0.1, 0.15) is 36.8 Å². The summed E-state index contributed by atoms with van der Waals surface area (Å²) in [6.07, 6.45) is 1.76. The molecular weight excluding hydrogens is 276 g/mol. The quantitative estimate of drug-likeness (QED) is 0.722. The highest BCUT2D eigenvalue weighted by Gasteiger charge is 2.34. The van der Waals surface area contributed by atoms with E-state index in [1.807, 2.05) is 6.92 Å². The summed E-state index contributed by atoms with van der Waals surface area (Å²) in [6, 6.07) is 0. The molecule has 0 fully saturated rings. The Morgan fingerprint density at radius 3 is 2.95 bits per heavy atom. The summed E-state index contributed by atoms with van der Waals surface area (Å²) < 4.78 is 10.3. The summed E-state index contributed by atoms with van der Waals surface area (Å²) in [7, 11) is 1.70. The zero-order chi connectivity index (χ0) is 14.5. The van der Waals surface area contributed by atoms with Crippen molar-refractivity contribution in [2.75, 3.05) is 38.3 Å². The van der Waals surface area contributed by atoms with Crippen LogP contribution in [0.5, 0.6) is 0 Å².